The van der Waals surface area contributed by atoms with E-state index in [0.29, 0.717) is 4.90 Å². The van der Waals surface area contributed by atoms with Gasteiger partial charge in [0.25, 0.3) is 0 Å². The Balaban J connectivity index is 2.52. The average Bonchev–Trinajstić information content (AvgIpc) is 2.46. The zero-order valence-corrected chi connectivity index (χ0v) is 14.0. The van der Waals surface area contributed by atoms with E-state index in [4.69, 9.17) is 33.7 Å². The van der Waals surface area contributed by atoms with Crippen LogP contribution in [0, 0.1) is 0 Å². The van der Waals surface area contributed by atoms with Gasteiger partial charge in [0.15, 0.2) is 5.66 Å². The van der Waals surface area contributed by atoms with Gasteiger partial charge >= 0.3 is 12.2 Å². The number of nitrogens with zero attached hydrogens (tertiary/aromatic N) is 2. The Kier molecular flexibility index (Phi) is 4.64. The van der Waals surface area contributed by atoms with Crippen molar-refractivity contribution in [2.24, 2.45) is 5.73 Å². The quantitative estimate of drug-likeness (QED) is 0.848. The molecule has 1 aliphatic rings. The second-order valence-electron chi connectivity index (χ2n) is 5.11. The number of nitrogens with two attached hydrogens (primary N) is 1. The van der Waals surface area contributed by atoms with Crippen LogP contribution in [0.2, 0.25) is 10.0 Å². The molecule has 11 heteroatoms. The molecule has 0 saturated carbocycles. The number of hydrogen-bond acceptors (Lipinski definition) is 4. The molecule has 1 fully saturated rings. The molecule has 0 spiro atoms. The summed E-state index contributed by atoms with van der Waals surface area (Å²) >= 11 is 11.8. The fraction of sp³-hybridized carbons (Fsp3) is 0.385. The van der Waals surface area contributed by atoms with Gasteiger partial charge in [0.05, 0.1) is 29.3 Å². The molecule has 0 radical (unpaired) electrons. The van der Waals surface area contributed by atoms with E-state index in [1.54, 1.807) is 0 Å². The second kappa shape index (κ2) is 5.98. The maximum Gasteiger partial charge on any atom is 0.425 e. The normalized spacial score (nSPS) is 22.2. The molecule has 2 rings (SSSR count). The van der Waals surface area contributed by atoms with Crippen LogP contribution >= 0.6 is 23.2 Å². The van der Waals surface area contributed by atoms with Gasteiger partial charge in [-0.15, -0.1) is 0 Å². The highest BCUT2D eigenvalue weighted by molar-refractivity contribution is 6.38. The van der Waals surface area contributed by atoms with Crippen molar-refractivity contribution in [2.75, 3.05) is 19.1 Å². The van der Waals surface area contributed by atoms with Gasteiger partial charge in [-0.1, -0.05) is 23.2 Å². The number of hydrogen-bond donors (Lipinski definition) is 1. The van der Waals surface area contributed by atoms with Gasteiger partial charge < -0.3 is 15.4 Å². The monoisotopic (exact) mass is 385 g/mol. The van der Waals surface area contributed by atoms with E-state index >= 15 is 0 Å². The summed E-state index contributed by atoms with van der Waals surface area (Å²) in [6.07, 6.45) is -6.14. The maximum atomic E-state index is 13.1. The minimum atomic E-state index is -4.99. The molecule has 1 saturated heterocycles. The highest BCUT2D eigenvalue weighted by atomic mass is 35.5. The molecule has 6 nitrogen and oxygen atoms in total. The van der Waals surface area contributed by atoms with Crippen molar-refractivity contribution in [2.45, 2.75) is 18.3 Å². The summed E-state index contributed by atoms with van der Waals surface area (Å²) in [6.45, 7) is 0. The third-order valence-electron chi connectivity index (χ3n) is 3.70. The lowest BCUT2D eigenvalue weighted by Crippen LogP contribution is -2.73. The number of carbonyl (C=O) groups excluding carboxylic acids is 2. The number of carbonyl (C=O) groups is 2. The molecule has 132 valence electrons. The first-order valence-corrected chi connectivity index (χ1v) is 7.19. The molecule has 1 aromatic rings. The number of benzene rings is 1. The average molecular weight is 386 g/mol. The van der Waals surface area contributed by atoms with Gasteiger partial charge in [-0.25, -0.2) is 9.69 Å². The molecule has 0 bridgehead atoms. The van der Waals surface area contributed by atoms with Gasteiger partial charge in [-0.05, 0) is 6.07 Å². The van der Waals surface area contributed by atoms with Crippen molar-refractivity contribution in [3.8, 4) is 5.75 Å². The largest absolute Gasteiger partial charge is 0.495 e. The van der Waals surface area contributed by atoms with Gasteiger partial charge in [-0.2, -0.15) is 13.2 Å². The summed E-state index contributed by atoms with van der Waals surface area (Å²) in [4.78, 5) is 25.3. The van der Waals surface area contributed by atoms with E-state index in [1.165, 1.54) is 19.2 Å². The standard InChI is InChI=1S/C13H12Cl2F3N3O3/c1-20-11(23)21(10(22)5-12(20,19)13(16,17)18)8-4-9(24-2)7(15)3-6(8)14/h3-4H,5,19H2,1-2H3. The molecule has 2 N–H and O–H groups in total. The molecule has 24 heavy (non-hydrogen) atoms. The Labute approximate surface area is 144 Å². The second-order valence-corrected chi connectivity index (χ2v) is 5.92. The molecule has 1 heterocycles. The van der Waals surface area contributed by atoms with Crippen LogP contribution in [-0.4, -0.2) is 42.8 Å². The molecule has 3 amide bonds. The fourth-order valence-electron chi connectivity index (χ4n) is 2.23. The molecular formula is C13H12Cl2F3N3O3. The lowest BCUT2D eigenvalue weighted by molar-refractivity contribution is -0.222. The number of imide groups is 1. The van der Waals surface area contributed by atoms with Crippen molar-refractivity contribution in [3.05, 3.63) is 22.2 Å². The molecule has 1 aromatic carbocycles. The summed E-state index contributed by atoms with van der Waals surface area (Å²) in [6, 6.07) is 1.13. The number of rotatable bonds is 2. The highest BCUT2D eigenvalue weighted by Crippen LogP contribution is 2.42. The lowest BCUT2D eigenvalue weighted by atomic mass is 10.0. The van der Waals surface area contributed by atoms with Crippen molar-refractivity contribution in [3.63, 3.8) is 0 Å². The number of alkyl halides is 3. The summed E-state index contributed by atoms with van der Waals surface area (Å²) in [5, 5.41) is 0.00686. The van der Waals surface area contributed by atoms with Crippen LogP contribution in [0.4, 0.5) is 23.7 Å². The van der Waals surface area contributed by atoms with Crippen molar-refractivity contribution in [1.82, 2.24) is 4.90 Å². The number of ether oxygens (including phenoxy) is 1. The van der Waals surface area contributed by atoms with Crippen molar-refractivity contribution in [1.29, 1.82) is 0 Å². The van der Waals surface area contributed by atoms with Crippen LogP contribution < -0.4 is 15.4 Å². The van der Waals surface area contributed by atoms with Crippen LogP contribution in [0.1, 0.15) is 6.42 Å². The fourth-order valence-corrected chi connectivity index (χ4v) is 2.77. The Hall–Kier alpha value is -1.71. The lowest BCUT2D eigenvalue weighted by Gasteiger charge is -2.45. The van der Waals surface area contributed by atoms with Gasteiger partial charge in [-0.3, -0.25) is 4.79 Å². The zero-order chi connectivity index (χ0) is 18.4. The molecule has 1 unspecified atom stereocenters. The Bertz CT molecular complexity index is 714. The van der Waals surface area contributed by atoms with E-state index in [9.17, 15) is 22.8 Å². The summed E-state index contributed by atoms with van der Waals surface area (Å²) in [5.74, 6) is -1.05. The summed E-state index contributed by atoms with van der Waals surface area (Å²) in [7, 11) is 2.15. The predicted molar refractivity (Wildman–Crippen MR) is 81.2 cm³/mol. The number of anilines is 1. The topological polar surface area (TPSA) is 75.9 Å². The third-order valence-corrected chi connectivity index (χ3v) is 4.30. The summed E-state index contributed by atoms with van der Waals surface area (Å²) in [5.41, 5.74) is 2.03. The van der Waals surface area contributed by atoms with Crippen LogP contribution in [0.25, 0.3) is 0 Å². The first-order valence-electron chi connectivity index (χ1n) is 6.43. The van der Waals surface area contributed by atoms with Crippen LogP contribution in [0.3, 0.4) is 0 Å². The smallest absolute Gasteiger partial charge is 0.425 e. The maximum absolute atomic E-state index is 13.1. The molecule has 0 aliphatic carbocycles. The summed E-state index contributed by atoms with van der Waals surface area (Å²) < 4.78 is 44.4. The van der Waals surface area contributed by atoms with Crippen LogP contribution in [0.5, 0.6) is 5.75 Å². The minimum absolute atomic E-state index is 0.0970. The first-order chi connectivity index (χ1) is 10.9. The SMILES string of the molecule is COc1cc(N2C(=O)CC(N)(C(F)(F)F)N(C)C2=O)c(Cl)cc1Cl. The number of amides is 3. The van der Waals surface area contributed by atoms with Crippen molar-refractivity contribution >= 4 is 40.8 Å². The number of halogens is 5. The number of methoxy groups -OCH3 is 1. The first kappa shape index (κ1) is 18.6. The molecule has 0 aromatic heterocycles. The van der Waals surface area contributed by atoms with E-state index in [2.05, 4.69) is 0 Å². The van der Waals surface area contributed by atoms with Gasteiger partial charge in [0, 0.05) is 13.1 Å². The van der Waals surface area contributed by atoms with E-state index in [1.807, 2.05) is 0 Å². The molecular weight excluding hydrogens is 374 g/mol. The van der Waals surface area contributed by atoms with Crippen LogP contribution in [-0.2, 0) is 4.79 Å². The van der Waals surface area contributed by atoms with Gasteiger partial charge in [0.1, 0.15) is 5.75 Å². The Morgan fingerprint density at radius 1 is 1.25 bits per heavy atom. The van der Waals surface area contributed by atoms with Crippen LogP contribution in [0.15, 0.2) is 12.1 Å². The minimum Gasteiger partial charge on any atom is -0.495 e. The van der Waals surface area contributed by atoms with E-state index in [0.717, 1.165) is 7.05 Å². The highest BCUT2D eigenvalue weighted by Gasteiger charge is 2.61. The predicted octanol–water partition coefficient (Wildman–Crippen LogP) is 3.01. The van der Waals surface area contributed by atoms with E-state index < -0.39 is 30.2 Å². The number of urea groups is 1. The third kappa shape index (κ3) is 2.76. The zero-order valence-electron chi connectivity index (χ0n) is 12.4. The van der Waals surface area contributed by atoms with Gasteiger partial charge in [0.2, 0.25) is 5.91 Å². The van der Waals surface area contributed by atoms with Crippen molar-refractivity contribution < 1.29 is 27.5 Å². The van der Waals surface area contributed by atoms with E-state index in [-0.39, 0.29) is 26.4 Å². The Morgan fingerprint density at radius 2 is 1.83 bits per heavy atom. The molecule has 1 atom stereocenters. The Morgan fingerprint density at radius 3 is 2.33 bits per heavy atom. The molecule has 1 aliphatic heterocycles.